The van der Waals surface area contributed by atoms with E-state index in [9.17, 15) is 0 Å². The zero-order chi connectivity index (χ0) is 14.8. The zero-order valence-corrected chi connectivity index (χ0v) is 13.3. The minimum absolute atomic E-state index is 0.0907. The van der Waals surface area contributed by atoms with Crippen LogP contribution in [0.25, 0.3) is 0 Å². The summed E-state index contributed by atoms with van der Waals surface area (Å²) >= 11 is 6.37. The Morgan fingerprint density at radius 2 is 1.95 bits per heavy atom. The fraction of sp³-hybridized carbons (Fsp3) is 0.438. The van der Waals surface area contributed by atoms with E-state index in [-0.39, 0.29) is 11.5 Å². The Bertz CT molecular complexity index is 560. The molecular weight excluding hydrogens is 270 g/mol. The lowest BCUT2D eigenvalue weighted by Gasteiger charge is -2.35. The molecule has 1 unspecified atom stereocenters. The van der Waals surface area contributed by atoms with E-state index in [0.29, 0.717) is 0 Å². The molecule has 1 aromatic carbocycles. The second kappa shape index (κ2) is 5.98. The highest BCUT2D eigenvalue weighted by Crippen LogP contribution is 2.39. The van der Waals surface area contributed by atoms with Crippen LogP contribution in [0, 0.1) is 0 Å². The molecule has 1 aromatic heterocycles. The number of rotatable bonds is 5. The molecule has 1 heterocycles. The van der Waals surface area contributed by atoms with Crippen LogP contribution in [0.1, 0.15) is 38.1 Å². The minimum atomic E-state index is -0.0907. The third kappa shape index (κ3) is 2.60. The van der Waals surface area contributed by atoms with Gasteiger partial charge in [-0.2, -0.15) is 5.10 Å². The SMILES string of the molecule is CCn1ncc(Cl)c1C(NC)C(C)(C)c1ccccc1. The van der Waals surface area contributed by atoms with Crippen molar-refractivity contribution in [3.63, 3.8) is 0 Å². The van der Waals surface area contributed by atoms with Crippen LogP contribution in [0.2, 0.25) is 5.02 Å². The third-order valence-electron chi connectivity index (χ3n) is 3.93. The van der Waals surface area contributed by atoms with Gasteiger partial charge in [0, 0.05) is 12.0 Å². The predicted octanol–water partition coefficient (Wildman–Crippen LogP) is 3.79. The molecule has 0 radical (unpaired) electrons. The number of nitrogens with one attached hydrogen (secondary N) is 1. The number of aromatic nitrogens is 2. The van der Waals surface area contributed by atoms with Gasteiger partial charge in [-0.05, 0) is 19.5 Å². The number of benzene rings is 1. The Hall–Kier alpha value is -1.32. The second-order valence-corrected chi connectivity index (χ2v) is 5.91. The van der Waals surface area contributed by atoms with E-state index in [2.05, 4.69) is 55.5 Å². The Labute approximate surface area is 126 Å². The topological polar surface area (TPSA) is 29.9 Å². The average molecular weight is 292 g/mol. The van der Waals surface area contributed by atoms with Crippen molar-refractivity contribution in [2.75, 3.05) is 7.05 Å². The molecule has 0 fully saturated rings. The van der Waals surface area contributed by atoms with Gasteiger partial charge < -0.3 is 5.32 Å². The van der Waals surface area contributed by atoms with E-state index in [1.54, 1.807) is 6.20 Å². The molecule has 3 nitrogen and oxygen atoms in total. The summed E-state index contributed by atoms with van der Waals surface area (Å²) < 4.78 is 1.97. The molecule has 0 saturated carbocycles. The Kier molecular flexibility index (Phi) is 4.51. The molecule has 1 N–H and O–H groups in total. The smallest absolute Gasteiger partial charge is 0.0834 e. The van der Waals surface area contributed by atoms with Gasteiger partial charge in [0.1, 0.15) is 0 Å². The maximum absolute atomic E-state index is 6.37. The molecule has 20 heavy (non-hydrogen) atoms. The first kappa shape index (κ1) is 15.1. The van der Waals surface area contributed by atoms with Gasteiger partial charge in [-0.1, -0.05) is 55.8 Å². The standard InChI is InChI=1S/C16H22ClN3/c1-5-20-14(13(17)11-19-20)15(18-4)16(2,3)12-9-7-6-8-10-12/h6-11,15,18H,5H2,1-4H3. The molecule has 0 aliphatic carbocycles. The van der Waals surface area contributed by atoms with Crippen LogP contribution in [-0.2, 0) is 12.0 Å². The zero-order valence-electron chi connectivity index (χ0n) is 12.5. The summed E-state index contributed by atoms with van der Waals surface area (Å²) in [5.74, 6) is 0. The van der Waals surface area contributed by atoms with Gasteiger partial charge in [0.05, 0.1) is 23.0 Å². The quantitative estimate of drug-likeness (QED) is 0.908. The van der Waals surface area contributed by atoms with E-state index in [1.165, 1.54) is 5.56 Å². The summed E-state index contributed by atoms with van der Waals surface area (Å²) in [6.07, 6.45) is 1.73. The Morgan fingerprint density at radius 3 is 2.50 bits per heavy atom. The lowest BCUT2D eigenvalue weighted by molar-refractivity contribution is 0.346. The molecule has 0 aliphatic rings. The largest absolute Gasteiger partial charge is 0.311 e. The van der Waals surface area contributed by atoms with Crippen molar-refractivity contribution in [1.29, 1.82) is 0 Å². The molecule has 0 spiro atoms. The van der Waals surface area contributed by atoms with E-state index < -0.39 is 0 Å². The van der Waals surface area contributed by atoms with E-state index >= 15 is 0 Å². The number of nitrogens with zero attached hydrogens (tertiary/aromatic N) is 2. The Morgan fingerprint density at radius 1 is 1.30 bits per heavy atom. The van der Waals surface area contributed by atoms with Gasteiger partial charge in [-0.3, -0.25) is 4.68 Å². The number of hydrogen-bond acceptors (Lipinski definition) is 2. The van der Waals surface area contributed by atoms with Crippen molar-refractivity contribution >= 4 is 11.6 Å². The molecular formula is C16H22ClN3. The van der Waals surface area contributed by atoms with Crippen LogP contribution in [0.15, 0.2) is 36.5 Å². The molecule has 108 valence electrons. The highest BCUT2D eigenvalue weighted by atomic mass is 35.5. The van der Waals surface area contributed by atoms with E-state index in [0.717, 1.165) is 17.3 Å². The molecule has 0 bridgehead atoms. The number of hydrogen-bond donors (Lipinski definition) is 1. The lowest BCUT2D eigenvalue weighted by Crippen LogP contribution is -2.37. The normalized spacial score (nSPS) is 13.4. The highest BCUT2D eigenvalue weighted by Gasteiger charge is 2.34. The van der Waals surface area contributed by atoms with Gasteiger partial charge in [0.2, 0.25) is 0 Å². The van der Waals surface area contributed by atoms with Crippen molar-refractivity contribution in [1.82, 2.24) is 15.1 Å². The summed E-state index contributed by atoms with van der Waals surface area (Å²) in [5, 5.41) is 8.49. The lowest BCUT2D eigenvalue weighted by atomic mass is 9.76. The molecule has 4 heteroatoms. The Balaban J connectivity index is 2.49. The first-order chi connectivity index (χ1) is 9.52. The van der Waals surface area contributed by atoms with E-state index in [1.807, 2.05) is 17.8 Å². The van der Waals surface area contributed by atoms with Gasteiger partial charge >= 0.3 is 0 Å². The summed E-state index contributed by atoms with van der Waals surface area (Å²) in [5.41, 5.74) is 2.23. The summed E-state index contributed by atoms with van der Waals surface area (Å²) in [7, 11) is 1.97. The molecule has 1 atom stereocenters. The van der Waals surface area contributed by atoms with Crippen LogP contribution in [0.5, 0.6) is 0 Å². The van der Waals surface area contributed by atoms with Crippen molar-refractivity contribution < 1.29 is 0 Å². The second-order valence-electron chi connectivity index (χ2n) is 5.50. The molecule has 2 aromatic rings. The fourth-order valence-electron chi connectivity index (χ4n) is 2.78. The minimum Gasteiger partial charge on any atom is -0.311 e. The van der Waals surface area contributed by atoms with Crippen LogP contribution >= 0.6 is 11.6 Å². The fourth-order valence-corrected chi connectivity index (χ4v) is 3.03. The van der Waals surface area contributed by atoms with Crippen molar-refractivity contribution in [2.45, 2.75) is 38.8 Å². The summed E-state index contributed by atoms with van der Waals surface area (Å²) in [6.45, 7) is 7.35. The van der Waals surface area contributed by atoms with Crippen molar-refractivity contribution in [3.8, 4) is 0 Å². The maximum atomic E-state index is 6.37. The summed E-state index contributed by atoms with van der Waals surface area (Å²) in [6, 6.07) is 10.6. The highest BCUT2D eigenvalue weighted by molar-refractivity contribution is 6.31. The van der Waals surface area contributed by atoms with Crippen LogP contribution < -0.4 is 5.32 Å². The van der Waals surface area contributed by atoms with Gasteiger partial charge in [0.15, 0.2) is 0 Å². The first-order valence-corrected chi connectivity index (χ1v) is 7.34. The first-order valence-electron chi connectivity index (χ1n) is 6.96. The van der Waals surface area contributed by atoms with Gasteiger partial charge in [0.25, 0.3) is 0 Å². The maximum Gasteiger partial charge on any atom is 0.0834 e. The number of aryl methyl sites for hydroxylation is 1. The van der Waals surface area contributed by atoms with Gasteiger partial charge in [-0.15, -0.1) is 0 Å². The monoisotopic (exact) mass is 291 g/mol. The average Bonchev–Trinajstić information content (AvgIpc) is 2.82. The van der Waals surface area contributed by atoms with Crippen LogP contribution in [0.4, 0.5) is 0 Å². The third-order valence-corrected chi connectivity index (χ3v) is 4.23. The molecule has 0 amide bonds. The number of likely N-dealkylation sites (N-methyl/N-ethyl adjacent to an activating group) is 1. The van der Waals surface area contributed by atoms with Crippen molar-refractivity contribution in [2.24, 2.45) is 0 Å². The van der Waals surface area contributed by atoms with E-state index in [4.69, 9.17) is 11.6 Å². The number of halogens is 1. The molecule has 0 saturated heterocycles. The van der Waals surface area contributed by atoms with Crippen molar-refractivity contribution in [3.05, 3.63) is 52.8 Å². The molecule has 0 aliphatic heterocycles. The van der Waals surface area contributed by atoms with Gasteiger partial charge in [-0.25, -0.2) is 0 Å². The summed E-state index contributed by atoms with van der Waals surface area (Å²) in [4.78, 5) is 0. The predicted molar refractivity (Wildman–Crippen MR) is 84.2 cm³/mol. The molecule has 2 rings (SSSR count). The van der Waals surface area contributed by atoms with Crippen LogP contribution in [0.3, 0.4) is 0 Å². The van der Waals surface area contributed by atoms with Crippen LogP contribution in [-0.4, -0.2) is 16.8 Å².